The van der Waals surface area contributed by atoms with Crippen molar-refractivity contribution in [2.45, 2.75) is 0 Å². The number of hydrogen-bond donors (Lipinski definition) is 0. The van der Waals surface area contributed by atoms with Gasteiger partial charge in [0, 0.05) is 16.2 Å². The first-order chi connectivity index (χ1) is 14.8. The number of para-hydroxylation sites is 1. The molecule has 0 amide bonds. The first-order valence-electron chi connectivity index (χ1n) is 9.95. The van der Waals surface area contributed by atoms with Crippen LogP contribution in [0, 0.1) is 6.57 Å². The Morgan fingerprint density at radius 2 is 1.07 bits per heavy atom. The molecule has 2 heteroatoms. The highest BCUT2D eigenvalue weighted by atomic mass is 14.7. The standard InChI is InChI=1S/C28H16N2/c1-29-19-16-14-18(15-17-19)28-27-23-11-5-3-9-21(23)20-8-2-4-10-22(20)26(27)24-12-6-7-13-25(24)30-28/h2-17H. The maximum Gasteiger partial charge on any atom is 0.187 e. The predicted molar refractivity (Wildman–Crippen MR) is 126 cm³/mol. The van der Waals surface area contributed by atoms with E-state index in [1.165, 1.54) is 32.3 Å². The van der Waals surface area contributed by atoms with E-state index in [4.69, 9.17) is 11.6 Å². The van der Waals surface area contributed by atoms with E-state index in [0.717, 1.165) is 22.2 Å². The van der Waals surface area contributed by atoms with Crippen LogP contribution in [-0.2, 0) is 0 Å². The van der Waals surface area contributed by atoms with Gasteiger partial charge >= 0.3 is 0 Å². The Labute approximate surface area is 173 Å². The second-order valence-corrected chi connectivity index (χ2v) is 7.48. The fourth-order valence-corrected chi connectivity index (χ4v) is 4.53. The molecule has 0 radical (unpaired) electrons. The van der Waals surface area contributed by atoms with E-state index in [9.17, 15) is 0 Å². The molecule has 30 heavy (non-hydrogen) atoms. The van der Waals surface area contributed by atoms with Gasteiger partial charge in [-0.05, 0) is 33.2 Å². The summed E-state index contributed by atoms with van der Waals surface area (Å²) in [4.78, 5) is 8.65. The Morgan fingerprint density at radius 3 is 1.70 bits per heavy atom. The minimum absolute atomic E-state index is 0.638. The van der Waals surface area contributed by atoms with Gasteiger partial charge in [-0.2, -0.15) is 0 Å². The quantitative estimate of drug-likeness (QED) is 0.209. The SMILES string of the molecule is [C-]#[N+]c1ccc(-c2nc3ccccc3c3c4ccccc4c4ccccc4c23)cc1. The van der Waals surface area contributed by atoms with Crippen LogP contribution in [0.25, 0.3) is 59.3 Å². The fraction of sp³-hybridized carbons (Fsp3) is 0. The molecule has 0 aliphatic rings. The molecule has 0 saturated carbocycles. The topological polar surface area (TPSA) is 17.2 Å². The Balaban J connectivity index is 1.93. The molecule has 0 N–H and O–H groups in total. The van der Waals surface area contributed by atoms with Crippen LogP contribution < -0.4 is 0 Å². The summed E-state index contributed by atoms with van der Waals surface area (Å²) >= 11 is 0. The molecule has 0 unspecified atom stereocenters. The van der Waals surface area contributed by atoms with Crippen molar-refractivity contribution in [2.24, 2.45) is 0 Å². The van der Waals surface area contributed by atoms with Gasteiger partial charge < -0.3 is 0 Å². The van der Waals surface area contributed by atoms with Crippen molar-refractivity contribution in [3.63, 3.8) is 0 Å². The molecule has 1 heterocycles. The summed E-state index contributed by atoms with van der Waals surface area (Å²) < 4.78 is 0. The molecule has 0 aliphatic carbocycles. The maximum absolute atomic E-state index is 7.27. The monoisotopic (exact) mass is 380 g/mol. The van der Waals surface area contributed by atoms with Gasteiger partial charge in [-0.25, -0.2) is 9.83 Å². The van der Waals surface area contributed by atoms with Crippen molar-refractivity contribution < 1.29 is 0 Å². The van der Waals surface area contributed by atoms with Crippen LogP contribution in [0.5, 0.6) is 0 Å². The van der Waals surface area contributed by atoms with Gasteiger partial charge in [-0.15, -0.1) is 0 Å². The molecule has 1 aromatic heterocycles. The number of pyridine rings is 1. The molecule has 2 nitrogen and oxygen atoms in total. The van der Waals surface area contributed by atoms with Crippen molar-refractivity contribution >= 4 is 48.9 Å². The van der Waals surface area contributed by atoms with E-state index in [-0.39, 0.29) is 0 Å². The lowest BCUT2D eigenvalue weighted by atomic mass is 9.90. The van der Waals surface area contributed by atoms with Gasteiger partial charge in [0.1, 0.15) is 0 Å². The summed E-state index contributed by atoms with van der Waals surface area (Å²) in [6, 6.07) is 33.3. The van der Waals surface area contributed by atoms with Crippen molar-refractivity contribution in [1.82, 2.24) is 4.98 Å². The van der Waals surface area contributed by atoms with E-state index in [1.807, 2.05) is 30.3 Å². The maximum atomic E-state index is 7.27. The fourth-order valence-electron chi connectivity index (χ4n) is 4.53. The van der Waals surface area contributed by atoms with Gasteiger partial charge in [0.05, 0.1) is 17.8 Å². The minimum Gasteiger partial charge on any atom is -0.247 e. The Hall–Kier alpha value is -4.22. The number of benzene rings is 5. The van der Waals surface area contributed by atoms with E-state index in [1.54, 1.807) is 0 Å². The molecular weight excluding hydrogens is 364 g/mol. The van der Waals surface area contributed by atoms with Gasteiger partial charge in [0.2, 0.25) is 0 Å². The molecule has 138 valence electrons. The van der Waals surface area contributed by atoms with Crippen LogP contribution in [0.15, 0.2) is 97.1 Å². The van der Waals surface area contributed by atoms with Gasteiger partial charge in [-0.1, -0.05) is 91.0 Å². The van der Waals surface area contributed by atoms with Crippen LogP contribution in [0.4, 0.5) is 5.69 Å². The third kappa shape index (κ3) is 2.33. The third-order valence-corrected chi connectivity index (χ3v) is 5.85. The van der Waals surface area contributed by atoms with Gasteiger partial charge in [0.15, 0.2) is 5.69 Å². The highest BCUT2D eigenvalue weighted by Crippen LogP contribution is 2.42. The molecule has 0 bridgehead atoms. The minimum atomic E-state index is 0.638. The second kappa shape index (κ2) is 6.40. The second-order valence-electron chi connectivity index (χ2n) is 7.48. The zero-order valence-corrected chi connectivity index (χ0v) is 16.1. The normalized spacial score (nSPS) is 11.3. The zero-order valence-electron chi connectivity index (χ0n) is 16.1. The van der Waals surface area contributed by atoms with Crippen LogP contribution in [0.2, 0.25) is 0 Å². The molecular formula is C28H16N2. The summed E-state index contributed by atoms with van der Waals surface area (Å²) in [5.74, 6) is 0. The van der Waals surface area contributed by atoms with Crippen molar-refractivity contribution in [1.29, 1.82) is 0 Å². The van der Waals surface area contributed by atoms with Crippen molar-refractivity contribution in [3.05, 3.63) is 108 Å². The average molecular weight is 380 g/mol. The number of rotatable bonds is 1. The highest BCUT2D eigenvalue weighted by molar-refractivity contribution is 6.33. The molecule has 0 spiro atoms. The summed E-state index contributed by atoms with van der Waals surface area (Å²) in [6.07, 6.45) is 0. The van der Waals surface area contributed by atoms with Crippen LogP contribution in [0.3, 0.4) is 0 Å². The lowest BCUT2D eigenvalue weighted by molar-refractivity contribution is 1.43. The summed E-state index contributed by atoms with van der Waals surface area (Å²) in [6.45, 7) is 7.27. The lowest BCUT2D eigenvalue weighted by Gasteiger charge is -2.16. The van der Waals surface area contributed by atoms with Crippen LogP contribution in [-0.4, -0.2) is 4.98 Å². The Kier molecular flexibility index (Phi) is 3.57. The van der Waals surface area contributed by atoms with Crippen LogP contribution in [0.1, 0.15) is 0 Å². The molecule has 0 saturated heterocycles. The van der Waals surface area contributed by atoms with E-state index >= 15 is 0 Å². The van der Waals surface area contributed by atoms with Crippen molar-refractivity contribution in [2.75, 3.05) is 0 Å². The zero-order chi connectivity index (χ0) is 20.1. The van der Waals surface area contributed by atoms with E-state index in [2.05, 4.69) is 71.6 Å². The summed E-state index contributed by atoms with van der Waals surface area (Å²) in [5.41, 5.74) is 3.61. The van der Waals surface area contributed by atoms with Crippen molar-refractivity contribution in [3.8, 4) is 11.3 Å². The Bertz CT molecular complexity index is 1640. The highest BCUT2D eigenvalue weighted by Gasteiger charge is 2.16. The summed E-state index contributed by atoms with van der Waals surface area (Å²) in [7, 11) is 0. The predicted octanol–water partition coefficient (Wildman–Crippen LogP) is 7.91. The molecule has 0 aliphatic heterocycles. The van der Waals surface area contributed by atoms with Gasteiger partial charge in [0.25, 0.3) is 0 Å². The summed E-state index contributed by atoms with van der Waals surface area (Å²) in [5, 5.41) is 8.49. The smallest absolute Gasteiger partial charge is 0.187 e. The number of hydrogen-bond acceptors (Lipinski definition) is 1. The molecule has 6 aromatic rings. The molecule has 6 rings (SSSR count). The third-order valence-electron chi connectivity index (χ3n) is 5.85. The molecule has 5 aromatic carbocycles. The molecule has 0 fully saturated rings. The van der Waals surface area contributed by atoms with E-state index in [0.29, 0.717) is 5.69 Å². The Morgan fingerprint density at radius 1 is 0.533 bits per heavy atom. The lowest BCUT2D eigenvalue weighted by Crippen LogP contribution is -1.92. The first kappa shape index (κ1) is 16.7. The average Bonchev–Trinajstić information content (AvgIpc) is 2.83. The largest absolute Gasteiger partial charge is 0.247 e. The van der Waals surface area contributed by atoms with Gasteiger partial charge in [-0.3, -0.25) is 0 Å². The number of nitrogens with zero attached hydrogens (tertiary/aromatic N) is 2. The first-order valence-corrected chi connectivity index (χ1v) is 9.95. The number of fused-ring (bicyclic) bond motifs is 8. The van der Waals surface area contributed by atoms with E-state index < -0.39 is 0 Å². The molecule has 0 atom stereocenters. The van der Waals surface area contributed by atoms with Crippen LogP contribution >= 0.6 is 0 Å². The number of aromatic nitrogens is 1.